The van der Waals surface area contributed by atoms with Crippen LogP contribution >= 0.6 is 24.0 Å². The maximum absolute atomic E-state index is 11.2. The van der Waals surface area contributed by atoms with Gasteiger partial charge in [0, 0.05) is 45.7 Å². The fourth-order valence-electron chi connectivity index (χ4n) is 2.08. The summed E-state index contributed by atoms with van der Waals surface area (Å²) < 4.78 is 0. The Bertz CT molecular complexity index is 324. The number of hydrogen-bond donors (Lipinski definition) is 2. The Labute approximate surface area is 131 Å². The molecule has 0 unspecified atom stereocenters. The zero-order valence-corrected chi connectivity index (χ0v) is 13.8. The van der Waals surface area contributed by atoms with Crippen LogP contribution in [0, 0.1) is 0 Å². The summed E-state index contributed by atoms with van der Waals surface area (Å²) in [5, 5.41) is 3.17. The highest BCUT2D eigenvalue weighted by Gasteiger charge is 2.21. The van der Waals surface area contributed by atoms with Crippen LogP contribution in [0.1, 0.15) is 19.8 Å². The molecule has 110 valence electrons. The number of nitrogens with two attached hydrogens (primary N) is 1. The summed E-state index contributed by atoms with van der Waals surface area (Å²) in [5.41, 5.74) is 5.76. The molecule has 1 aliphatic heterocycles. The van der Waals surface area contributed by atoms with Gasteiger partial charge in [-0.3, -0.25) is 14.7 Å². The van der Waals surface area contributed by atoms with E-state index in [1.807, 2.05) is 4.90 Å². The van der Waals surface area contributed by atoms with Gasteiger partial charge in [0.05, 0.1) is 6.54 Å². The van der Waals surface area contributed by atoms with E-state index in [2.05, 4.69) is 15.2 Å². The number of nitrogens with zero attached hydrogens (tertiary/aromatic N) is 3. The van der Waals surface area contributed by atoms with Gasteiger partial charge in [-0.05, 0) is 12.8 Å². The van der Waals surface area contributed by atoms with Crippen LogP contribution in [-0.2, 0) is 4.79 Å². The fourth-order valence-corrected chi connectivity index (χ4v) is 2.08. The van der Waals surface area contributed by atoms with Gasteiger partial charge in [0.1, 0.15) is 0 Å². The summed E-state index contributed by atoms with van der Waals surface area (Å²) in [6.07, 6.45) is 2.42. The van der Waals surface area contributed by atoms with Crippen LogP contribution in [0.25, 0.3) is 0 Å². The molecule has 0 aromatic rings. The van der Waals surface area contributed by atoms with Crippen molar-refractivity contribution in [1.29, 1.82) is 0 Å². The second-order valence-electron chi connectivity index (χ2n) is 5.03. The molecule has 1 amide bonds. The van der Waals surface area contributed by atoms with Gasteiger partial charge in [0.25, 0.3) is 0 Å². The van der Waals surface area contributed by atoms with Gasteiger partial charge in [0.2, 0.25) is 5.91 Å². The fraction of sp³-hybridized carbons (Fsp3) is 0.833. The van der Waals surface area contributed by atoms with Crippen LogP contribution in [0.4, 0.5) is 0 Å². The lowest BCUT2D eigenvalue weighted by molar-refractivity contribution is -0.130. The Hall–Kier alpha value is -0.570. The lowest BCUT2D eigenvalue weighted by atomic mass is 10.3. The van der Waals surface area contributed by atoms with Gasteiger partial charge in [-0.15, -0.1) is 24.0 Å². The maximum Gasteiger partial charge on any atom is 0.219 e. The smallest absolute Gasteiger partial charge is 0.219 e. The lowest BCUT2D eigenvalue weighted by Crippen LogP contribution is -2.48. The van der Waals surface area contributed by atoms with E-state index >= 15 is 0 Å². The number of halogens is 1. The predicted octanol–water partition coefficient (Wildman–Crippen LogP) is -0.165. The minimum Gasteiger partial charge on any atom is -0.370 e. The van der Waals surface area contributed by atoms with E-state index < -0.39 is 0 Å². The lowest BCUT2D eigenvalue weighted by Gasteiger charge is -2.33. The number of nitrogens with one attached hydrogen (secondary N) is 1. The van der Waals surface area contributed by atoms with Crippen LogP contribution in [-0.4, -0.2) is 67.0 Å². The third-order valence-corrected chi connectivity index (χ3v) is 3.45. The van der Waals surface area contributed by atoms with Gasteiger partial charge in [-0.2, -0.15) is 0 Å². The average molecular weight is 381 g/mol. The summed E-state index contributed by atoms with van der Waals surface area (Å²) in [5.74, 6) is 0.741. The first kappa shape index (κ1) is 16.5. The minimum atomic E-state index is 0. The van der Waals surface area contributed by atoms with Crippen molar-refractivity contribution in [2.24, 2.45) is 10.7 Å². The van der Waals surface area contributed by atoms with Crippen molar-refractivity contribution >= 4 is 35.8 Å². The molecule has 0 aromatic heterocycles. The largest absolute Gasteiger partial charge is 0.370 e. The average Bonchev–Trinajstić information content (AvgIpc) is 3.13. The zero-order chi connectivity index (χ0) is 13.0. The number of amides is 1. The Balaban J connectivity index is 0.00000180. The van der Waals surface area contributed by atoms with Crippen LogP contribution in [0.5, 0.6) is 0 Å². The summed E-state index contributed by atoms with van der Waals surface area (Å²) in [7, 11) is 0. The number of rotatable bonds is 4. The van der Waals surface area contributed by atoms with E-state index in [1.165, 1.54) is 12.8 Å². The summed E-state index contributed by atoms with van der Waals surface area (Å²) in [6, 6.07) is 0.563. The number of carbonyl (C=O) groups is 1. The van der Waals surface area contributed by atoms with Crippen molar-refractivity contribution in [3.05, 3.63) is 0 Å². The first-order chi connectivity index (χ1) is 8.65. The minimum absolute atomic E-state index is 0. The Morgan fingerprint density at radius 3 is 2.47 bits per heavy atom. The van der Waals surface area contributed by atoms with E-state index in [0.29, 0.717) is 12.0 Å². The van der Waals surface area contributed by atoms with Crippen molar-refractivity contribution in [3.63, 3.8) is 0 Å². The van der Waals surface area contributed by atoms with Crippen molar-refractivity contribution in [2.75, 3.05) is 39.3 Å². The van der Waals surface area contributed by atoms with E-state index in [4.69, 9.17) is 5.73 Å². The second kappa shape index (κ2) is 7.88. The third-order valence-electron chi connectivity index (χ3n) is 3.45. The van der Waals surface area contributed by atoms with Gasteiger partial charge >= 0.3 is 0 Å². The van der Waals surface area contributed by atoms with E-state index in [0.717, 1.165) is 39.3 Å². The molecular formula is C12H24IN5O. The molecule has 1 saturated heterocycles. The van der Waals surface area contributed by atoms with E-state index in [1.54, 1.807) is 6.92 Å². The zero-order valence-electron chi connectivity index (χ0n) is 11.5. The van der Waals surface area contributed by atoms with Crippen molar-refractivity contribution in [3.8, 4) is 0 Å². The molecule has 2 fully saturated rings. The number of piperazine rings is 1. The first-order valence-electron chi connectivity index (χ1n) is 6.69. The Morgan fingerprint density at radius 1 is 1.32 bits per heavy atom. The number of hydrogen-bond acceptors (Lipinski definition) is 3. The molecule has 1 heterocycles. The normalized spacial score (nSPS) is 20.9. The van der Waals surface area contributed by atoms with Crippen molar-refractivity contribution < 1.29 is 4.79 Å². The van der Waals surface area contributed by atoms with Gasteiger partial charge in [0.15, 0.2) is 5.96 Å². The molecule has 2 rings (SSSR count). The molecule has 2 aliphatic rings. The van der Waals surface area contributed by atoms with Crippen LogP contribution in [0.15, 0.2) is 4.99 Å². The SMILES string of the molecule is CC(=O)N1CCN(CCN=C(N)NC2CC2)CC1.I. The highest BCUT2D eigenvalue weighted by molar-refractivity contribution is 14.0. The summed E-state index contributed by atoms with van der Waals surface area (Å²) in [4.78, 5) is 19.7. The molecule has 0 atom stereocenters. The van der Waals surface area contributed by atoms with Crippen molar-refractivity contribution in [2.45, 2.75) is 25.8 Å². The Morgan fingerprint density at radius 2 is 1.95 bits per heavy atom. The molecular weight excluding hydrogens is 357 g/mol. The third kappa shape index (κ3) is 5.94. The molecule has 7 heteroatoms. The van der Waals surface area contributed by atoms with Crippen LogP contribution in [0.3, 0.4) is 0 Å². The maximum atomic E-state index is 11.2. The van der Waals surface area contributed by atoms with Gasteiger partial charge < -0.3 is 16.0 Å². The summed E-state index contributed by atoms with van der Waals surface area (Å²) >= 11 is 0. The predicted molar refractivity (Wildman–Crippen MR) is 86.8 cm³/mol. The van der Waals surface area contributed by atoms with Gasteiger partial charge in [-0.1, -0.05) is 0 Å². The molecule has 1 aliphatic carbocycles. The topological polar surface area (TPSA) is 74.0 Å². The van der Waals surface area contributed by atoms with Gasteiger partial charge in [-0.25, -0.2) is 0 Å². The monoisotopic (exact) mass is 381 g/mol. The molecule has 0 spiro atoms. The molecule has 3 N–H and O–H groups in total. The standard InChI is InChI=1S/C12H23N5O.HI/c1-10(18)17-8-6-16(7-9-17)5-4-14-12(13)15-11-2-3-11;/h11H,2-9H2,1H3,(H3,13,14,15);1H. The quantitative estimate of drug-likeness (QED) is 0.403. The molecule has 0 radical (unpaired) electrons. The molecule has 19 heavy (non-hydrogen) atoms. The molecule has 6 nitrogen and oxygen atoms in total. The Kier molecular flexibility index (Phi) is 6.84. The number of guanidine groups is 1. The van der Waals surface area contributed by atoms with Crippen molar-refractivity contribution in [1.82, 2.24) is 15.1 Å². The molecule has 1 saturated carbocycles. The van der Waals surface area contributed by atoms with E-state index in [-0.39, 0.29) is 29.9 Å². The van der Waals surface area contributed by atoms with Crippen LogP contribution in [0.2, 0.25) is 0 Å². The van der Waals surface area contributed by atoms with Crippen LogP contribution < -0.4 is 11.1 Å². The second-order valence-corrected chi connectivity index (χ2v) is 5.03. The molecule has 0 bridgehead atoms. The molecule has 0 aromatic carbocycles. The highest BCUT2D eigenvalue weighted by atomic mass is 127. The summed E-state index contributed by atoms with van der Waals surface area (Å²) in [6.45, 7) is 6.80. The first-order valence-corrected chi connectivity index (χ1v) is 6.69. The number of carbonyl (C=O) groups excluding carboxylic acids is 1. The number of aliphatic imine (C=N–C) groups is 1. The highest BCUT2D eigenvalue weighted by Crippen LogP contribution is 2.17. The van der Waals surface area contributed by atoms with E-state index in [9.17, 15) is 4.79 Å².